The molecule has 0 radical (unpaired) electrons. The Morgan fingerprint density at radius 2 is 1.53 bits per heavy atom. The Bertz CT molecular complexity index is 1430. The number of nitrogen functional groups attached to an aromatic ring is 2. The van der Waals surface area contributed by atoms with Crippen molar-refractivity contribution in [2.75, 3.05) is 11.5 Å². The summed E-state index contributed by atoms with van der Waals surface area (Å²) in [5.74, 6) is 0. The smallest absolute Gasteiger partial charge is 0.297 e. The summed E-state index contributed by atoms with van der Waals surface area (Å²) in [5, 5.41) is 1.67. The minimum Gasteiger partial charge on any atom is -0.397 e. The second-order valence-electron chi connectivity index (χ2n) is 6.29. The van der Waals surface area contributed by atoms with Gasteiger partial charge in [0.05, 0.1) is 16.5 Å². The van der Waals surface area contributed by atoms with Gasteiger partial charge in [0.1, 0.15) is 15.5 Å². The largest absolute Gasteiger partial charge is 0.397 e. The summed E-state index contributed by atoms with van der Waals surface area (Å²) in [4.78, 5) is 2.15. The van der Waals surface area contributed by atoms with Crippen molar-refractivity contribution in [1.29, 1.82) is 0 Å². The molecule has 0 fully saturated rings. The first-order chi connectivity index (χ1) is 14.0. The number of aliphatic imine (C=N–C) groups is 1. The molecular formula is C18H15N3O6S3. The first-order valence-corrected chi connectivity index (χ1v) is 11.5. The molecule has 0 aliphatic carbocycles. The molecule has 0 saturated heterocycles. The average molecular weight is 466 g/mol. The Morgan fingerprint density at radius 1 is 0.933 bits per heavy atom. The molecule has 30 heavy (non-hydrogen) atoms. The number of hydrogen-bond acceptors (Lipinski definition) is 8. The van der Waals surface area contributed by atoms with E-state index in [1.165, 1.54) is 12.1 Å². The van der Waals surface area contributed by atoms with Gasteiger partial charge in [-0.25, -0.2) is 0 Å². The van der Waals surface area contributed by atoms with E-state index in [0.717, 1.165) is 0 Å². The van der Waals surface area contributed by atoms with Crippen LogP contribution in [0.1, 0.15) is 11.1 Å². The van der Waals surface area contributed by atoms with E-state index in [-0.39, 0.29) is 28.6 Å². The summed E-state index contributed by atoms with van der Waals surface area (Å²) in [6, 6.07) is 10.8. The van der Waals surface area contributed by atoms with E-state index in [1.807, 2.05) is 5.16 Å². The zero-order valence-corrected chi connectivity index (χ0v) is 17.6. The van der Waals surface area contributed by atoms with Crippen LogP contribution in [0.5, 0.6) is 0 Å². The molecule has 3 aromatic carbocycles. The SMILES string of the molecule is Nc1ccc2c(S(=O)(=O)O)c(Cc3ccccc3)c(S(=O)(=O)O)c(N=C=S)c2c1N. The fourth-order valence-electron chi connectivity index (χ4n) is 3.29. The van der Waals surface area contributed by atoms with Crippen molar-refractivity contribution in [3.8, 4) is 0 Å². The van der Waals surface area contributed by atoms with Gasteiger partial charge in [-0.2, -0.15) is 21.8 Å². The molecule has 0 bridgehead atoms. The molecular weight excluding hydrogens is 450 g/mol. The van der Waals surface area contributed by atoms with Gasteiger partial charge in [-0.15, -0.1) is 0 Å². The highest BCUT2D eigenvalue weighted by molar-refractivity contribution is 7.87. The monoisotopic (exact) mass is 465 g/mol. The van der Waals surface area contributed by atoms with Crippen molar-refractivity contribution in [2.45, 2.75) is 16.2 Å². The molecule has 0 aromatic heterocycles. The van der Waals surface area contributed by atoms with Crippen LogP contribution in [0.25, 0.3) is 10.8 Å². The second kappa shape index (κ2) is 7.76. The van der Waals surface area contributed by atoms with Crippen molar-refractivity contribution >= 4 is 65.4 Å². The van der Waals surface area contributed by atoms with Gasteiger partial charge in [-0.3, -0.25) is 9.11 Å². The highest BCUT2D eigenvalue weighted by Crippen LogP contribution is 2.45. The van der Waals surface area contributed by atoms with Gasteiger partial charge >= 0.3 is 0 Å². The molecule has 0 atom stereocenters. The standard InChI is InChI=1S/C18H15N3O6S3/c19-13-7-6-11-14(15(13)20)16(21-9-28)18(30(25,26)27)12(17(11)29(22,23)24)8-10-4-2-1-3-5-10/h1-7H,8,19-20H2,(H,22,23,24)(H,25,26,27). The summed E-state index contributed by atoms with van der Waals surface area (Å²) >= 11 is 4.60. The zero-order chi connectivity index (χ0) is 22.3. The van der Waals surface area contributed by atoms with Crippen molar-refractivity contribution in [2.24, 2.45) is 4.99 Å². The van der Waals surface area contributed by atoms with E-state index >= 15 is 0 Å². The molecule has 0 heterocycles. The summed E-state index contributed by atoms with van der Waals surface area (Å²) in [6.07, 6.45) is -0.273. The van der Waals surface area contributed by atoms with Crippen LogP contribution in [0.3, 0.4) is 0 Å². The maximum Gasteiger partial charge on any atom is 0.297 e. The molecule has 0 aliphatic heterocycles. The number of isothiocyanates is 1. The Labute approximate surface area is 177 Å². The molecule has 6 N–H and O–H groups in total. The fourth-order valence-corrected chi connectivity index (χ4v) is 5.25. The predicted molar refractivity (Wildman–Crippen MR) is 116 cm³/mol. The van der Waals surface area contributed by atoms with Gasteiger partial charge in [0.25, 0.3) is 20.2 Å². The van der Waals surface area contributed by atoms with Crippen LogP contribution in [0.4, 0.5) is 17.1 Å². The third-order valence-electron chi connectivity index (χ3n) is 4.42. The summed E-state index contributed by atoms with van der Waals surface area (Å²) < 4.78 is 69.3. The summed E-state index contributed by atoms with van der Waals surface area (Å²) in [5.41, 5.74) is 11.3. The van der Waals surface area contributed by atoms with Crippen LogP contribution in [0.15, 0.2) is 57.2 Å². The van der Waals surface area contributed by atoms with E-state index in [2.05, 4.69) is 17.2 Å². The molecule has 156 valence electrons. The predicted octanol–water partition coefficient (Wildman–Crippen LogP) is 2.82. The van der Waals surface area contributed by atoms with Crippen LogP contribution in [-0.4, -0.2) is 31.1 Å². The number of nitrogens with zero attached hydrogens (tertiary/aromatic N) is 1. The lowest BCUT2D eigenvalue weighted by molar-refractivity contribution is 0.480. The molecule has 9 nitrogen and oxygen atoms in total. The third kappa shape index (κ3) is 3.92. The lowest BCUT2D eigenvalue weighted by Gasteiger charge is -2.19. The molecule has 0 amide bonds. The minimum atomic E-state index is -5.06. The zero-order valence-electron chi connectivity index (χ0n) is 15.1. The molecule has 0 spiro atoms. The normalized spacial score (nSPS) is 11.9. The van der Waals surface area contributed by atoms with E-state index in [9.17, 15) is 25.9 Å². The van der Waals surface area contributed by atoms with Gasteiger partial charge in [-0.05, 0) is 23.8 Å². The van der Waals surface area contributed by atoms with E-state index in [4.69, 9.17) is 11.5 Å². The summed E-state index contributed by atoms with van der Waals surface area (Å²) in [7, 11) is -10.0. The van der Waals surface area contributed by atoms with Crippen LogP contribution in [0.2, 0.25) is 0 Å². The van der Waals surface area contributed by atoms with Gasteiger partial charge in [0.15, 0.2) is 0 Å². The molecule has 12 heteroatoms. The first-order valence-electron chi connectivity index (χ1n) is 8.20. The molecule has 0 unspecified atom stereocenters. The van der Waals surface area contributed by atoms with Crippen molar-refractivity contribution in [3.63, 3.8) is 0 Å². The van der Waals surface area contributed by atoms with Crippen molar-refractivity contribution < 1.29 is 25.9 Å². The van der Waals surface area contributed by atoms with Crippen molar-refractivity contribution in [3.05, 3.63) is 53.6 Å². The number of rotatable bonds is 5. The highest BCUT2D eigenvalue weighted by Gasteiger charge is 2.33. The summed E-state index contributed by atoms with van der Waals surface area (Å²) in [6.45, 7) is 0. The number of fused-ring (bicyclic) bond motifs is 1. The second-order valence-corrected chi connectivity index (χ2v) is 9.19. The Hall–Kier alpha value is -2.86. The number of thiocarbonyl (C=S) groups is 1. The van der Waals surface area contributed by atoms with Crippen LogP contribution < -0.4 is 11.5 Å². The fraction of sp³-hybridized carbons (Fsp3) is 0.0556. The van der Waals surface area contributed by atoms with Crippen molar-refractivity contribution in [1.82, 2.24) is 0 Å². The Morgan fingerprint density at radius 3 is 2.07 bits per heavy atom. The third-order valence-corrected chi connectivity index (χ3v) is 6.45. The topological polar surface area (TPSA) is 173 Å². The van der Waals surface area contributed by atoms with Crippen LogP contribution >= 0.6 is 12.2 Å². The van der Waals surface area contributed by atoms with Crippen LogP contribution in [0, 0.1) is 0 Å². The molecule has 3 rings (SSSR count). The first kappa shape index (κ1) is 21.8. The maximum atomic E-state index is 12.3. The Kier molecular flexibility index (Phi) is 5.65. The number of benzene rings is 3. The maximum absolute atomic E-state index is 12.3. The molecule has 0 aliphatic rings. The van der Waals surface area contributed by atoms with E-state index in [1.54, 1.807) is 30.3 Å². The average Bonchev–Trinajstić information content (AvgIpc) is 2.63. The minimum absolute atomic E-state index is 0.00158. The number of hydrogen-bond donors (Lipinski definition) is 4. The molecule has 0 saturated carbocycles. The quantitative estimate of drug-likeness (QED) is 0.191. The molecule has 3 aromatic rings. The van der Waals surface area contributed by atoms with Gasteiger partial charge < -0.3 is 11.5 Å². The Balaban J connectivity index is 2.70. The van der Waals surface area contributed by atoms with Gasteiger partial charge in [0, 0.05) is 22.8 Å². The van der Waals surface area contributed by atoms with Gasteiger partial charge in [0.2, 0.25) is 0 Å². The number of anilines is 2. The van der Waals surface area contributed by atoms with Crippen LogP contribution in [-0.2, 0) is 26.7 Å². The lowest BCUT2D eigenvalue weighted by atomic mass is 9.97. The highest BCUT2D eigenvalue weighted by atomic mass is 32.2. The van der Waals surface area contributed by atoms with Gasteiger partial charge in [-0.1, -0.05) is 36.4 Å². The number of nitrogens with two attached hydrogens (primary N) is 2. The van der Waals surface area contributed by atoms with E-state index in [0.29, 0.717) is 5.56 Å². The lowest BCUT2D eigenvalue weighted by Crippen LogP contribution is -2.13. The van der Waals surface area contributed by atoms with E-state index < -0.39 is 41.3 Å².